The van der Waals surface area contributed by atoms with Crippen molar-refractivity contribution >= 4 is 0 Å². The molecule has 0 aromatic carbocycles. The Hall–Kier alpha value is -0.120. The van der Waals surface area contributed by atoms with E-state index < -0.39 is 0 Å². The second kappa shape index (κ2) is 8.90. The highest BCUT2D eigenvalue weighted by atomic mass is 16.5. The fourth-order valence-electron chi connectivity index (χ4n) is 2.63. The molecule has 2 N–H and O–H groups in total. The topological polar surface area (TPSA) is 38.5 Å². The first-order valence-electron chi connectivity index (χ1n) is 7.26. The maximum atomic E-state index is 5.89. The number of hydrogen-bond donors (Lipinski definition) is 1. The van der Waals surface area contributed by atoms with Gasteiger partial charge >= 0.3 is 0 Å². The molecule has 17 heavy (non-hydrogen) atoms. The lowest BCUT2D eigenvalue weighted by atomic mass is 9.98. The van der Waals surface area contributed by atoms with Crippen molar-refractivity contribution in [1.29, 1.82) is 0 Å². The molecule has 0 aliphatic carbocycles. The van der Waals surface area contributed by atoms with Gasteiger partial charge in [-0.25, -0.2) is 0 Å². The molecule has 0 spiro atoms. The monoisotopic (exact) mass is 242 g/mol. The predicted octanol–water partition coefficient (Wildman–Crippen LogP) is 2.25. The Bertz CT molecular complexity index is 181. The summed E-state index contributed by atoms with van der Waals surface area (Å²) in [6, 6.07) is 0.574. The Balaban J connectivity index is 2.23. The molecule has 1 saturated heterocycles. The third kappa shape index (κ3) is 5.84. The highest BCUT2D eigenvalue weighted by Crippen LogP contribution is 2.17. The molecule has 3 nitrogen and oxygen atoms in total. The first-order valence-corrected chi connectivity index (χ1v) is 7.26. The van der Waals surface area contributed by atoms with E-state index in [0.29, 0.717) is 6.04 Å². The fraction of sp³-hybridized carbons (Fsp3) is 1.00. The number of unbranched alkanes of at least 4 members (excludes halogenated alkanes) is 2. The van der Waals surface area contributed by atoms with Crippen LogP contribution in [0.4, 0.5) is 0 Å². The van der Waals surface area contributed by atoms with E-state index in [4.69, 9.17) is 10.5 Å². The minimum Gasteiger partial charge on any atom is -0.381 e. The number of nitrogens with two attached hydrogens (primary N) is 1. The second-order valence-electron chi connectivity index (χ2n) is 5.38. The van der Waals surface area contributed by atoms with Gasteiger partial charge in [-0.1, -0.05) is 26.2 Å². The minimum atomic E-state index is 0.574. The smallest absolute Gasteiger partial charge is 0.0469 e. The lowest BCUT2D eigenvalue weighted by Crippen LogP contribution is -2.41. The highest BCUT2D eigenvalue weighted by Gasteiger charge is 2.19. The molecule has 1 fully saturated rings. The predicted molar refractivity (Wildman–Crippen MR) is 73.2 cm³/mol. The Morgan fingerprint density at radius 1 is 1.29 bits per heavy atom. The summed E-state index contributed by atoms with van der Waals surface area (Å²) in [6.07, 6.45) is 7.64. The van der Waals surface area contributed by atoms with Gasteiger partial charge in [-0.2, -0.15) is 0 Å². The van der Waals surface area contributed by atoms with Gasteiger partial charge < -0.3 is 15.4 Å². The average Bonchev–Trinajstić information content (AvgIpc) is 2.36. The van der Waals surface area contributed by atoms with Gasteiger partial charge in [0.2, 0.25) is 0 Å². The zero-order valence-electron chi connectivity index (χ0n) is 11.7. The van der Waals surface area contributed by atoms with Crippen LogP contribution in [0, 0.1) is 5.92 Å². The van der Waals surface area contributed by atoms with E-state index in [0.717, 1.165) is 25.7 Å². The first kappa shape index (κ1) is 14.9. The molecule has 3 heteroatoms. The van der Waals surface area contributed by atoms with Crippen LogP contribution in [-0.4, -0.2) is 44.3 Å². The lowest BCUT2D eigenvalue weighted by Gasteiger charge is -2.32. The van der Waals surface area contributed by atoms with Crippen molar-refractivity contribution in [3.05, 3.63) is 0 Å². The lowest BCUT2D eigenvalue weighted by molar-refractivity contribution is 0.0500. The van der Waals surface area contributed by atoms with Gasteiger partial charge in [0.15, 0.2) is 0 Å². The van der Waals surface area contributed by atoms with E-state index in [9.17, 15) is 0 Å². The van der Waals surface area contributed by atoms with Crippen LogP contribution < -0.4 is 5.73 Å². The molecule has 0 aromatic heterocycles. The van der Waals surface area contributed by atoms with Gasteiger partial charge in [0, 0.05) is 32.3 Å². The Morgan fingerprint density at radius 3 is 2.59 bits per heavy atom. The maximum absolute atomic E-state index is 5.89. The standard InChI is InChI=1S/C14H30N2O/c1-3-4-5-6-14(11-15)16(2)12-13-7-9-17-10-8-13/h13-14H,3-12,15H2,1-2H3. The van der Waals surface area contributed by atoms with Crippen LogP contribution in [0.2, 0.25) is 0 Å². The SMILES string of the molecule is CCCCCC(CN)N(C)CC1CCOCC1. The third-order valence-corrected chi connectivity index (χ3v) is 3.92. The second-order valence-corrected chi connectivity index (χ2v) is 5.38. The Kier molecular flexibility index (Phi) is 7.82. The van der Waals surface area contributed by atoms with Crippen molar-refractivity contribution in [3.63, 3.8) is 0 Å². The molecule has 0 saturated carbocycles. The zero-order chi connectivity index (χ0) is 12.5. The summed E-state index contributed by atoms with van der Waals surface area (Å²) in [4.78, 5) is 2.48. The normalized spacial score (nSPS) is 19.8. The van der Waals surface area contributed by atoms with Gasteiger partial charge in [-0.3, -0.25) is 0 Å². The van der Waals surface area contributed by atoms with Crippen LogP contribution in [-0.2, 0) is 4.74 Å². The average molecular weight is 242 g/mol. The molecule has 1 heterocycles. The van der Waals surface area contributed by atoms with Crippen molar-refractivity contribution in [2.75, 3.05) is 33.4 Å². The number of ether oxygens (including phenoxy) is 1. The summed E-state index contributed by atoms with van der Waals surface area (Å²) < 4.78 is 5.40. The van der Waals surface area contributed by atoms with E-state index >= 15 is 0 Å². The fourth-order valence-corrected chi connectivity index (χ4v) is 2.63. The molecule has 102 valence electrons. The molecule has 1 rings (SSSR count). The van der Waals surface area contributed by atoms with Crippen molar-refractivity contribution in [1.82, 2.24) is 4.90 Å². The van der Waals surface area contributed by atoms with Crippen LogP contribution in [0.15, 0.2) is 0 Å². The summed E-state index contributed by atoms with van der Waals surface area (Å²) in [7, 11) is 2.24. The molecule has 1 atom stereocenters. The van der Waals surface area contributed by atoms with Gasteiger partial charge in [0.25, 0.3) is 0 Å². The highest BCUT2D eigenvalue weighted by molar-refractivity contribution is 4.74. The first-order chi connectivity index (χ1) is 8.27. The number of nitrogens with zero attached hydrogens (tertiary/aromatic N) is 1. The summed E-state index contributed by atoms with van der Waals surface area (Å²) in [5, 5.41) is 0. The molecular weight excluding hydrogens is 212 g/mol. The molecule has 0 radical (unpaired) electrons. The summed E-state index contributed by atoms with van der Waals surface area (Å²) in [5.74, 6) is 0.814. The minimum absolute atomic E-state index is 0.574. The molecule has 1 aliphatic heterocycles. The zero-order valence-corrected chi connectivity index (χ0v) is 11.7. The van der Waals surface area contributed by atoms with Crippen LogP contribution in [0.5, 0.6) is 0 Å². The Morgan fingerprint density at radius 2 is 2.00 bits per heavy atom. The summed E-state index contributed by atoms with van der Waals surface area (Å²) in [5.41, 5.74) is 5.89. The number of hydrogen-bond acceptors (Lipinski definition) is 3. The molecular formula is C14H30N2O. The van der Waals surface area contributed by atoms with E-state index in [-0.39, 0.29) is 0 Å². The number of likely N-dealkylation sites (N-methyl/N-ethyl adjacent to an activating group) is 1. The van der Waals surface area contributed by atoms with Crippen LogP contribution in [0.25, 0.3) is 0 Å². The number of rotatable bonds is 8. The molecule has 0 amide bonds. The van der Waals surface area contributed by atoms with Gasteiger partial charge in [0.05, 0.1) is 0 Å². The van der Waals surface area contributed by atoms with Crippen LogP contribution >= 0.6 is 0 Å². The van der Waals surface area contributed by atoms with E-state index in [1.807, 2.05) is 0 Å². The Labute approximate surface area is 107 Å². The van der Waals surface area contributed by atoms with Crippen molar-refractivity contribution in [3.8, 4) is 0 Å². The van der Waals surface area contributed by atoms with Gasteiger partial charge in [-0.15, -0.1) is 0 Å². The maximum Gasteiger partial charge on any atom is 0.0469 e. The molecule has 0 bridgehead atoms. The summed E-state index contributed by atoms with van der Waals surface area (Å²) >= 11 is 0. The molecule has 1 aliphatic rings. The van der Waals surface area contributed by atoms with Crippen LogP contribution in [0.1, 0.15) is 45.4 Å². The van der Waals surface area contributed by atoms with Crippen molar-refractivity contribution in [2.45, 2.75) is 51.5 Å². The summed E-state index contributed by atoms with van der Waals surface area (Å²) in [6.45, 7) is 6.13. The van der Waals surface area contributed by atoms with Crippen LogP contribution in [0.3, 0.4) is 0 Å². The third-order valence-electron chi connectivity index (χ3n) is 3.92. The molecule has 0 aromatic rings. The van der Waals surface area contributed by atoms with Gasteiger partial charge in [-0.05, 0) is 32.2 Å². The van der Waals surface area contributed by atoms with E-state index in [1.165, 1.54) is 45.1 Å². The van der Waals surface area contributed by atoms with E-state index in [1.54, 1.807) is 0 Å². The van der Waals surface area contributed by atoms with Crippen molar-refractivity contribution < 1.29 is 4.74 Å². The van der Waals surface area contributed by atoms with Crippen molar-refractivity contribution in [2.24, 2.45) is 11.7 Å². The van der Waals surface area contributed by atoms with E-state index in [2.05, 4.69) is 18.9 Å². The quantitative estimate of drug-likeness (QED) is 0.664. The largest absolute Gasteiger partial charge is 0.381 e. The van der Waals surface area contributed by atoms with Gasteiger partial charge in [0.1, 0.15) is 0 Å². The molecule has 1 unspecified atom stereocenters.